The topological polar surface area (TPSA) is 103 Å². The minimum Gasteiger partial charge on any atom is -0.360 e. The van der Waals surface area contributed by atoms with Crippen LogP contribution in [0, 0.1) is 6.92 Å². The van der Waals surface area contributed by atoms with Crippen LogP contribution in [-0.2, 0) is 12.7 Å². The SMILES string of the molecule is Cc1ccc(-c2cnc3ncnc(NCc4nc(C(F)(F)F)no4)c3c2)nc1. The zero-order chi connectivity index (χ0) is 19.7. The number of aryl methyl sites for hydroxylation is 1. The minimum atomic E-state index is -4.66. The van der Waals surface area contributed by atoms with Gasteiger partial charge >= 0.3 is 6.18 Å². The number of hydrogen-bond acceptors (Lipinski definition) is 8. The van der Waals surface area contributed by atoms with Crippen molar-refractivity contribution >= 4 is 16.9 Å². The van der Waals surface area contributed by atoms with E-state index in [0.29, 0.717) is 16.9 Å². The fourth-order valence-electron chi connectivity index (χ4n) is 2.47. The third-order valence-electron chi connectivity index (χ3n) is 3.82. The van der Waals surface area contributed by atoms with Crippen LogP contribution in [0.15, 0.2) is 41.4 Å². The first-order valence-corrected chi connectivity index (χ1v) is 8.07. The lowest BCUT2D eigenvalue weighted by atomic mass is 10.1. The average Bonchev–Trinajstić information content (AvgIpc) is 3.16. The molecule has 0 saturated carbocycles. The zero-order valence-corrected chi connectivity index (χ0v) is 14.4. The molecule has 0 spiro atoms. The quantitative estimate of drug-likeness (QED) is 0.568. The third kappa shape index (κ3) is 3.59. The molecule has 0 aliphatic heterocycles. The molecule has 8 nitrogen and oxygen atoms in total. The summed E-state index contributed by atoms with van der Waals surface area (Å²) in [5, 5.41) is 6.38. The van der Waals surface area contributed by atoms with Gasteiger partial charge in [-0.1, -0.05) is 11.2 Å². The molecule has 1 N–H and O–H groups in total. The number of nitrogens with zero attached hydrogens (tertiary/aromatic N) is 6. The van der Waals surface area contributed by atoms with Gasteiger partial charge in [0.15, 0.2) is 5.65 Å². The molecule has 0 amide bonds. The maximum Gasteiger partial charge on any atom is 0.455 e. The summed E-state index contributed by atoms with van der Waals surface area (Å²) in [5.74, 6) is -1.17. The summed E-state index contributed by atoms with van der Waals surface area (Å²) in [5.41, 5.74) is 2.93. The third-order valence-corrected chi connectivity index (χ3v) is 3.82. The van der Waals surface area contributed by atoms with E-state index in [1.807, 2.05) is 19.1 Å². The number of fused-ring (bicyclic) bond motifs is 1. The number of pyridine rings is 2. The molecule has 0 radical (unpaired) electrons. The highest BCUT2D eigenvalue weighted by atomic mass is 19.4. The standard InChI is InChI=1S/C17H12F3N7O/c1-9-2-3-12(21-5-9)10-4-11-14(22-6-10)24-8-25-15(11)23-7-13-26-16(27-28-13)17(18,19)20/h2-6,8H,7H2,1H3,(H,22,23,24,25). The van der Waals surface area contributed by atoms with Crippen molar-refractivity contribution in [3.05, 3.63) is 54.2 Å². The van der Waals surface area contributed by atoms with Crippen LogP contribution in [0.2, 0.25) is 0 Å². The van der Waals surface area contributed by atoms with Gasteiger partial charge in [0, 0.05) is 18.0 Å². The van der Waals surface area contributed by atoms with E-state index in [1.165, 1.54) is 6.33 Å². The summed E-state index contributed by atoms with van der Waals surface area (Å²) < 4.78 is 42.3. The monoisotopic (exact) mass is 387 g/mol. The molecule has 0 fully saturated rings. The Balaban J connectivity index is 1.62. The summed E-state index contributed by atoms with van der Waals surface area (Å²) in [6.07, 6.45) is 0.0258. The van der Waals surface area contributed by atoms with E-state index in [4.69, 9.17) is 0 Å². The van der Waals surface area contributed by atoms with Crippen LogP contribution < -0.4 is 5.32 Å². The molecule has 0 aliphatic carbocycles. The van der Waals surface area contributed by atoms with Gasteiger partial charge in [-0.15, -0.1) is 0 Å². The Morgan fingerprint density at radius 3 is 2.64 bits per heavy atom. The van der Waals surface area contributed by atoms with Gasteiger partial charge in [0.25, 0.3) is 5.82 Å². The van der Waals surface area contributed by atoms with Gasteiger partial charge in [-0.05, 0) is 24.6 Å². The summed E-state index contributed by atoms with van der Waals surface area (Å²) >= 11 is 0. The Labute approximate surface area is 155 Å². The molecule has 4 heterocycles. The lowest BCUT2D eigenvalue weighted by molar-refractivity contribution is -0.146. The summed E-state index contributed by atoms with van der Waals surface area (Å²) in [6.45, 7) is 1.80. The van der Waals surface area contributed by atoms with Crippen molar-refractivity contribution < 1.29 is 17.7 Å². The number of halogens is 3. The smallest absolute Gasteiger partial charge is 0.360 e. The Bertz CT molecular complexity index is 1130. The van der Waals surface area contributed by atoms with Crippen molar-refractivity contribution in [3.8, 4) is 11.3 Å². The fourth-order valence-corrected chi connectivity index (χ4v) is 2.47. The maximum atomic E-state index is 12.6. The van der Waals surface area contributed by atoms with E-state index in [0.717, 1.165) is 16.8 Å². The highest BCUT2D eigenvalue weighted by Crippen LogP contribution is 2.27. The normalized spacial score (nSPS) is 11.7. The molecule has 0 bridgehead atoms. The second kappa shape index (κ2) is 6.83. The molecule has 11 heteroatoms. The molecule has 142 valence electrons. The summed E-state index contributed by atoms with van der Waals surface area (Å²) in [4.78, 5) is 20.2. The van der Waals surface area contributed by atoms with Gasteiger partial charge in [0.05, 0.1) is 17.6 Å². The van der Waals surface area contributed by atoms with Crippen LogP contribution in [0.25, 0.3) is 22.3 Å². The van der Waals surface area contributed by atoms with Crippen molar-refractivity contribution in [2.45, 2.75) is 19.6 Å². The maximum absolute atomic E-state index is 12.6. The zero-order valence-electron chi connectivity index (χ0n) is 14.4. The van der Waals surface area contributed by atoms with Crippen molar-refractivity contribution in [3.63, 3.8) is 0 Å². The minimum absolute atomic E-state index is 0.137. The lowest BCUT2D eigenvalue weighted by Crippen LogP contribution is -2.08. The van der Waals surface area contributed by atoms with Gasteiger partial charge in [-0.3, -0.25) is 4.98 Å². The molecule has 4 aromatic heterocycles. The number of nitrogens with one attached hydrogen (secondary N) is 1. The number of aromatic nitrogens is 6. The Morgan fingerprint density at radius 1 is 1.07 bits per heavy atom. The molecular formula is C17H12F3N7O. The Kier molecular flexibility index (Phi) is 4.34. The summed E-state index contributed by atoms with van der Waals surface area (Å²) in [7, 11) is 0. The molecular weight excluding hydrogens is 375 g/mol. The van der Waals surface area contributed by atoms with E-state index >= 15 is 0 Å². The lowest BCUT2D eigenvalue weighted by Gasteiger charge is -2.07. The Morgan fingerprint density at radius 2 is 1.93 bits per heavy atom. The van der Waals surface area contributed by atoms with Gasteiger partial charge in [-0.2, -0.15) is 18.2 Å². The molecule has 4 rings (SSSR count). The first-order chi connectivity index (χ1) is 13.4. The fraction of sp³-hybridized carbons (Fsp3) is 0.176. The van der Waals surface area contributed by atoms with E-state index in [1.54, 1.807) is 18.5 Å². The Hall–Kier alpha value is -3.63. The van der Waals surface area contributed by atoms with Crippen LogP contribution in [-0.4, -0.2) is 30.1 Å². The molecule has 28 heavy (non-hydrogen) atoms. The predicted octanol–water partition coefficient (Wildman–Crippen LogP) is 3.41. The number of rotatable bonds is 4. The number of alkyl halides is 3. The van der Waals surface area contributed by atoms with Crippen molar-refractivity contribution in [1.82, 2.24) is 30.1 Å². The van der Waals surface area contributed by atoms with Gasteiger partial charge in [0.1, 0.15) is 12.1 Å². The number of anilines is 1. The largest absolute Gasteiger partial charge is 0.455 e. The molecule has 0 saturated heterocycles. The highest BCUT2D eigenvalue weighted by Gasteiger charge is 2.37. The van der Waals surface area contributed by atoms with E-state index in [9.17, 15) is 13.2 Å². The molecule has 0 aromatic carbocycles. The summed E-state index contributed by atoms with van der Waals surface area (Å²) in [6, 6.07) is 5.60. The van der Waals surface area contributed by atoms with Crippen LogP contribution in [0.3, 0.4) is 0 Å². The van der Waals surface area contributed by atoms with E-state index in [2.05, 4.69) is 39.9 Å². The van der Waals surface area contributed by atoms with E-state index in [-0.39, 0.29) is 12.4 Å². The van der Waals surface area contributed by atoms with Crippen LogP contribution in [0.5, 0.6) is 0 Å². The van der Waals surface area contributed by atoms with Crippen molar-refractivity contribution in [2.24, 2.45) is 0 Å². The average molecular weight is 387 g/mol. The van der Waals surface area contributed by atoms with E-state index < -0.39 is 12.0 Å². The molecule has 0 aliphatic rings. The van der Waals surface area contributed by atoms with Gasteiger partial charge in [-0.25, -0.2) is 15.0 Å². The van der Waals surface area contributed by atoms with Crippen molar-refractivity contribution in [2.75, 3.05) is 5.32 Å². The van der Waals surface area contributed by atoms with Crippen LogP contribution in [0.4, 0.5) is 19.0 Å². The highest BCUT2D eigenvalue weighted by molar-refractivity contribution is 5.89. The van der Waals surface area contributed by atoms with Crippen molar-refractivity contribution in [1.29, 1.82) is 0 Å². The predicted molar refractivity (Wildman–Crippen MR) is 91.9 cm³/mol. The van der Waals surface area contributed by atoms with Gasteiger partial charge in [0.2, 0.25) is 5.89 Å². The first kappa shape index (κ1) is 17.8. The molecule has 4 aromatic rings. The van der Waals surface area contributed by atoms with Crippen LogP contribution >= 0.6 is 0 Å². The second-order valence-electron chi connectivity index (χ2n) is 5.90. The van der Waals surface area contributed by atoms with Crippen LogP contribution in [0.1, 0.15) is 17.3 Å². The first-order valence-electron chi connectivity index (χ1n) is 8.07. The molecule has 0 atom stereocenters. The second-order valence-corrected chi connectivity index (χ2v) is 5.90. The molecule has 0 unspecified atom stereocenters. The van der Waals surface area contributed by atoms with Gasteiger partial charge < -0.3 is 9.84 Å². The number of hydrogen-bond donors (Lipinski definition) is 1.